The van der Waals surface area contributed by atoms with Crippen molar-refractivity contribution >= 4 is 5.91 Å². The van der Waals surface area contributed by atoms with Crippen LogP contribution in [0.25, 0.3) is 16.9 Å². The summed E-state index contributed by atoms with van der Waals surface area (Å²) in [7, 11) is 0. The Hall–Kier alpha value is -3.22. The maximum absolute atomic E-state index is 14.4. The molecule has 2 heterocycles. The number of ether oxygens (including phenoxy) is 1. The molecule has 0 fully saturated rings. The van der Waals surface area contributed by atoms with Crippen molar-refractivity contribution in [1.29, 1.82) is 0 Å². The topological polar surface area (TPSA) is 70.1 Å². The van der Waals surface area contributed by atoms with Gasteiger partial charge in [-0.3, -0.25) is 4.79 Å². The minimum atomic E-state index is -0.914. The fraction of sp³-hybridized carbons (Fsp3) is 0.158. The quantitative estimate of drug-likeness (QED) is 0.764. The van der Waals surface area contributed by atoms with Gasteiger partial charge in [0.1, 0.15) is 22.9 Å². The van der Waals surface area contributed by atoms with E-state index in [0.717, 1.165) is 12.1 Å². The first kappa shape index (κ1) is 16.3. The van der Waals surface area contributed by atoms with Crippen molar-refractivity contribution in [1.82, 2.24) is 9.78 Å². The van der Waals surface area contributed by atoms with Crippen LogP contribution in [0, 0.1) is 11.6 Å². The number of nitrogens with zero attached hydrogens (tertiary/aromatic N) is 2. The number of carbonyl (C=O) groups excluding carboxylic acids is 1. The number of primary amides is 1. The van der Waals surface area contributed by atoms with Crippen LogP contribution in [0.1, 0.15) is 29.9 Å². The van der Waals surface area contributed by atoms with E-state index < -0.39 is 23.1 Å². The fourth-order valence-corrected chi connectivity index (χ4v) is 3.31. The highest BCUT2D eigenvalue weighted by atomic mass is 19.1. The normalized spacial score (nSPS) is 14.3. The van der Waals surface area contributed by atoms with Crippen molar-refractivity contribution in [3.05, 3.63) is 65.4 Å². The van der Waals surface area contributed by atoms with Gasteiger partial charge < -0.3 is 10.5 Å². The third-order valence-corrected chi connectivity index (χ3v) is 4.37. The van der Waals surface area contributed by atoms with E-state index in [-0.39, 0.29) is 11.4 Å². The van der Waals surface area contributed by atoms with Gasteiger partial charge in [0, 0.05) is 11.6 Å². The van der Waals surface area contributed by atoms with Crippen LogP contribution in [0.3, 0.4) is 0 Å². The Balaban J connectivity index is 2.12. The number of amides is 1. The number of para-hydroxylation sites is 1. The zero-order valence-corrected chi connectivity index (χ0v) is 14.1. The molecule has 1 amide bonds. The molecular weight excluding hydrogens is 340 g/mol. The van der Waals surface area contributed by atoms with Crippen LogP contribution in [-0.2, 0) is 5.60 Å². The average Bonchev–Trinajstić information content (AvgIpc) is 2.96. The summed E-state index contributed by atoms with van der Waals surface area (Å²) < 4.78 is 35.1. The Morgan fingerprint density at radius 2 is 1.92 bits per heavy atom. The zero-order valence-electron chi connectivity index (χ0n) is 14.1. The van der Waals surface area contributed by atoms with Crippen LogP contribution < -0.4 is 10.5 Å². The van der Waals surface area contributed by atoms with E-state index in [1.165, 1.54) is 10.7 Å². The van der Waals surface area contributed by atoms with Gasteiger partial charge in [0.2, 0.25) is 0 Å². The molecule has 1 aliphatic heterocycles. The van der Waals surface area contributed by atoms with Crippen LogP contribution in [0.2, 0.25) is 0 Å². The summed E-state index contributed by atoms with van der Waals surface area (Å²) in [6.07, 6.45) is 0. The van der Waals surface area contributed by atoms with Crippen LogP contribution in [-0.4, -0.2) is 15.7 Å². The molecule has 2 N–H and O–H groups in total. The van der Waals surface area contributed by atoms with Crippen molar-refractivity contribution in [2.45, 2.75) is 19.4 Å². The lowest BCUT2D eigenvalue weighted by Crippen LogP contribution is -2.31. The fourth-order valence-electron chi connectivity index (χ4n) is 3.31. The van der Waals surface area contributed by atoms with Gasteiger partial charge >= 0.3 is 0 Å². The number of hydrogen-bond acceptors (Lipinski definition) is 3. The van der Waals surface area contributed by atoms with Crippen LogP contribution in [0.4, 0.5) is 8.78 Å². The summed E-state index contributed by atoms with van der Waals surface area (Å²) in [4.78, 5) is 12.0. The van der Waals surface area contributed by atoms with E-state index in [4.69, 9.17) is 10.5 Å². The molecule has 132 valence electrons. The second-order valence-corrected chi connectivity index (χ2v) is 6.55. The zero-order chi connectivity index (χ0) is 18.6. The molecule has 0 saturated carbocycles. The van der Waals surface area contributed by atoms with Gasteiger partial charge in [-0.25, -0.2) is 13.5 Å². The molecule has 4 rings (SSSR count). The summed E-state index contributed by atoms with van der Waals surface area (Å²) in [5, 5.41) is 4.25. The van der Waals surface area contributed by atoms with Crippen molar-refractivity contribution in [2.24, 2.45) is 5.73 Å². The lowest BCUT2D eigenvalue weighted by atomic mass is 9.89. The van der Waals surface area contributed by atoms with Gasteiger partial charge in [-0.2, -0.15) is 5.10 Å². The third-order valence-electron chi connectivity index (χ3n) is 4.37. The molecule has 0 radical (unpaired) electrons. The molecule has 0 bridgehead atoms. The molecule has 2 aromatic carbocycles. The van der Waals surface area contributed by atoms with Gasteiger partial charge in [0.25, 0.3) is 5.91 Å². The van der Waals surface area contributed by atoms with E-state index in [1.54, 1.807) is 32.0 Å². The molecule has 3 aromatic rings. The summed E-state index contributed by atoms with van der Waals surface area (Å²) in [6.45, 7) is 3.56. The number of rotatable bonds is 2. The highest BCUT2D eigenvalue weighted by Crippen LogP contribution is 2.47. The van der Waals surface area contributed by atoms with Gasteiger partial charge in [-0.1, -0.05) is 12.1 Å². The van der Waals surface area contributed by atoms with Crippen molar-refractivity contribution in [2.75, 3.05) is 0 Å². The van der Waals surface area contributed by atoms with E-state index in [0.29, 0.717) is 22.6 Å². The van der Waals surface area contributed by atoms with Crippen molar-refractivity contribution in [3.8, 4) is 22.7 Å². The van der Waals surface area contributed by atoms with Gasteiger partial charge in [-0.05, 0) is 38.1 Å². The molecule has 1 aliphatic rings. The Morgan fingerprint density at radius 1 is 1.19 bits per heavy atom. The number of carbonyl (C=O) groups is 1. The van der Waals surface area contributed by atoms with Crippen molar-refractivity contribution in [3.63, 3.8) is 0 Å². The molecule has 26 heavy (non-hydrogen) atoms. The van der Waals surface area contributed by atoms with E-state index in [1.807, 2.05) is 6.07 Å². The van der Waals surface area contributed by atoms with Crippen LogP contribution in [0.5, 0.6) is 5.75 Å². The van der Waals surface area contributed by atoms with E-state index in [9.17, 15) is 13.6 Å². The second kappa shape index (κ2) is 5.39. The molecule has 5 nitrogen and oxygen atoms in total. The SMILES string of the molecule is CC1(C)Oc2ccccc2-c2c1c(C(N)=O)nn2-c1ccc(F)cc1F. The Kier molecular flexibility index (Phi) is 3.37. The lowest BCUT2D eigenvalue weighted by molar-refractivity contribution is 0.0935. The monoisotopic (exact) mass is 355 g/mol. The first-order valence-corrected chi connectivity index (χ1v) is 7.97. The molecule has 0 spiro atoms. The maximum Gasteiger partial charge on any atom is 0.269 e. The molecule has 0 atom stereocenters. The summed E-state index contributed by atoms with van der Waals surface area (Å²) in [5.41, 5.74) is 6.21. The first-order valence-electron chi connectivity index (χ1n) is 7.97. The van der Waals surface area contributed by atoms with E-state index >= 15 is 0 Å². The van der Waals surface area contributed by atoms with Crippen molar-refractivity contribution < 1.29 is 18.3 Å². The minimum absolute atomic E-state index is 0.0109. The summed E-state index contributed by atoms with van der Waals surface area (Å²) >= 11 is 0. The second-order valence-electron chi connectivity index (χ2n) is 6.55. The number of benzene rings is 2. The molecule has 0 aliphatic carbocycles. The highest BCUT2D eigenvalue weighted by molar-refractivity contribution is 5.96. The van der Waals surface area contributed by atoms with Gasteiger partial charge in [0.05, 0.1) is 11.3 Å². The first-order chi connectivity index (χ1) is 12.3. The van der Waals surface area contributed by atoms with Gasteiger partial charge in [0.15, 0.2) is 11.5 Å². The number of hydrogen-bond donors (Lipinski definition) is 1. The predicted molar refractivity (Wildman–Crippen MR) is 91.1 cm³/mol. The molecule has 0 unspecified atom stereocenters. The lowest BCUT2D eigenvalue weighted by Gasteiger charge is -2.33. The average molecular weight is 355 g/mol. The highest BCUT2D eigenvalue weighted by Gasteiger charge is 2.40. The number of halogens is 2. The number of aromatic nitrogens is 2. The summed E-state index contributed by atoms with van der Waals surface area (Å²) in [5.74, 6) is -1.68. The third kappa shape index (κ3) is 2.28. The van der Waals surface area contributed by atoms with E-state index in [2.05, 4.69) is 5.10 Å². The van der Waals surface area contributed by atoms with Crippen LogP contribution >= 0.6 is 0 Å². The maximum atomic E-state index is 14.4. The number of nitrogens with two attached hydrogens (primary N) is 1. The van der Waals surface area contributed by atoms with Crippen LogP contribution in [0.15, 0.2) is 42.5 Å². The summed E-state index contributed by atoms with van der Waals surface area (Å²) in [6, 6.07) is 10.3. The molecular formula is C19H15F2N3O2. The molecule has 7 heteroatoms. The van der Waals surface area contributed by atoms with Gasteiger partial charge in [-0.15, -0.1) is 0 Å². The number of fused-ring (bicyclic) bond motifs is 3. The smallest absolute Gasteiger partial charge is 0.269 e. The predicted octanol–water partition coefficient (Wildman–Crippen LogP) is 3.54. The minimum Gasteiger partial charge on any atom is -0.482 e. The Labute approximate surface area is 148 Å². The Morgan fingerprint density at radius 3 is 2.62 bits per heavy atom. The standard InChI is InChI=1S/C19H15F2N3O2/c1-19(2)15-16(18(22)25)23-24(13-8-7-10(20)9-12(13)21)17(15)11-5-3-4-6-14(11)26-19/h3-9H,1-2H3,(H2,22,25). The Bertz CT molecular complexity index is 1060. The molecule has 0 saturated heterocycles. The molecule has 1 aromatic heterocycles. The largest absolute Gasteiger partial charge is 0.482 e.